The summed E-state index contributed by atoms with van der Waals surface area (Å²) in [5.41, 5.74) is 7.06. The van der Waals surface area contributed by atoms with E-state index in [0.29, 0.717) is 16.9 Å². The third-order valence-corrected chi connectivity index (χ3v) is 5.30. The molecule has 0 bridgehead atoms. The molecule has 1 unspecified atom stereocenters. The molecule has 88 valence electrons. The average Bonchev–Trinajstić information content (AvgIpc) is 2.48. The molecule has 15 heavy (non-hydrogen) atoms. The summed E-state index contributed by atoms with van der Waals surface area (Å²) in [4.78, 5) is 2.58. The van der Waals surface area contributed by atoms with E-state index in [1.54, 1.807) is 0 Å². The van der Waals surface area contributed by atoms with Crippen LogP contribution in [0.2, 0.25) is 0 Å². The smallest absolute Gasteiger partial charge is 0.0168 e. The lowest BCUT2D eigenvalue weighted by Crippen LogP contribution is -2.43. The normalized spacial score (nSPS) is 35.4. The molecule has 1 heterocycles. The molecule has 2 fully saturated rings. The van der Waals surface area contributed by atoms with E-state index in [4.69, 9.17) is 5.73 Å². The van der Waals surface area contributed by atoms with Crippen molar-refractivity contribution >= 4 is 0 Å². The van der Waals surface area contributed by atoms with Crippen LogP contribution in [0.4, 0.5) is 0 Å². The lowest BCUT2D eigenvalue weighted by molar-refractivity contribution is 0.190. The summed E-state index contributed by atoms with van der Waals surface area (Å²) in [5.74, 6) is 0.857. The molecule has 1 saturated heterocycles. The average molecular weight is 210 g/mol. The van der Waals surface area contributed by atoms with Crippen molar-refractivity contribution in [3.05, 3.63) is 0 Å². The first-order valence-electron chi connectivity index (χ1n) is 6.33. The van der Waals surface area contributed by atoms with Crippen molar-refractivity contribution in [3.63, 3.8) is 0 Å². The van der Waals surface area contributed by atoms with E-state index in [1.807, 2.05) is 0 Å². The molecule has 1 aliphatic heterocycles. The van der Waals surface area contributed by atoms with E-state index in [2.05, 4.69) is 32.6 Å². The molecule has 0 amide bonds. The molecule has 2 N–H and O–H groups in total. The van der Waals surface area contributed by atoms with Gasteiger partial charge in [-0.3, -0.25) is 0 Å². The number of hydrogen-bond acceptors (Lipinski definition) is 2. The molecule has 1 aliphatic carbocycles. The third kappa shape index (κ3) is 1.83. The van der Waals surface area contributed by atoms with E-state index >= 15 is 0 Å². The third-order valence-electron chi connectivity index (χ3n) is 5.30. The van der Waals surface area contributed by atoms with Crippen molar-refractivity contribution in [2.45, 2.75) is 46.6 Å². The molecule has 1 saturated carbocycles. The first-order valence-corrected chi connectivity index (χ1v) is 6.33. The molecule has 0 radical (unpaired) electrons. The largest absolute Gasteiger partial charge is 0.327 e. The predicted octanol–water partition coefficient (Wildman–Crippen LogP) is 2.09. The summed E-state index contributed by atoms with van der Waals surface area (Å²) in [7, 11) is 0. The highest BCUT2D eigenvalue weighted by Crippen LogP contribution is 2.68. The molecule has 2 heteroatoms. The van der Waals surface area contributed by atoms with Gasteiger partial charge in [-0.1, -0.05) is 27.7 Å². The molecule has 0 aromatic rings. The quantitative estimate of drug-likeness (QED) is 0.756. The zero-order chi connectivity index (χ0) is 11.3. The summed E-state index contributed by atoms with van der Waals surface area (Å²) in [5, 5.41) is 0. The Balaban J connectivity index is 1.88. The van der Waals surface area contributed by atoms with E-state index in [9.17, 15) is 0 Å². The second-order valence-corrected chi connectivity index (χ2v) is 6.66. The van der Waals surface area contributed by atoms with Crippen LogP contribution < -0.4 is 5.73 Å². The van der Waals surface area contributed by atoms with Gasteiger partial charge in [0.15, 0.2) is 0 Å². The van der Waals surface area contributed by atoms with E-state index in [1.165, 1.54) is 25.9 Å². The highest BCUT2D eigenvalue weighted by atomic mass is 15.2. The summed E-state index contributed by atoms with van der Waals surface area (Å²) in [6.07, 6.45) is 2.50. The van der Waals surface area contributed by atoms with Gasteiger partial charge in [-0.15, -0.1) is 0 Å². The second-order valence-electron chi connectivity index (χ2n) is 6.66. The van der Waals surface area contributed by atoms with Crippen LogP contribution in [0.25, 0.3) is 0 Å². The Bertz CT molecular complexity index is 231. The Morgan fingerprint density at radius 1 is 1.20 bits per heavy atom. The van der Waals surface area contributed by atoms with E-state index < -0.39 is 0 Å². The maximum absolute atomic E-state index is 6.01. The monoisotopic (exact) mass is 210 g/mol. The fourth-order valence-corrected chi connectivity index (χ4v) is 3.30. The van der Waals surface area contributed by atoms with E-state index in [0.717, 1.165) is 12.5 Å². The standard InChI is InChI=1S/C13H26N2/c1-12(2)11(13(12,3)4)9-15-7-5-6-10(14)8-15/h10-11H,5-9,14H2,1-4H3. The first kappa shape index (κ1) is 11.4. The number of nitrogens with two attached hydrogens (primary N) is 1. The number of nitrogens with zero attached hydrogens (tertiary/aromatic N) is 1. The Morgan fingerprint density at radius 2 is 1.80 bits per heavy atom. The van der Waals surface area contributed by atoms with Crippen LogP contribution in [0.1, 0.15) is 40.5 Å². The summed E-state index contributed by atoms with van der Waals surface area (Å²) >= 11 is 0. The minimum Gasteiger partial charge on any atom is -0.327 e. The van der Waals surface area contributed by atoms with Crippen LogP contribution in [0.3, 0.4) is 0 Å². The Kier molecular flexibility index (Phi) is 2.63. The van der Waals surface area contributed by atoms with Gasteiger partial charge < -0.3 is 10.6 Å². The lowest BCUT2D eigenvalue weighted by atomic mass is 10.0. The van der Waals surface area contributed by atoms with Gasteiger partial charge in [-0.25, -0.2) is 0 Å². The Labute approximate surface area is 94.2 Å². The molecule has 0 spiro atoms. The SMILES string of the molecule is CC1(C)C(CN2CCCC(N)C2)C1(C)C. The minimum atomic E-state index is 0.420. The van der Waals surface area contributed by atoms with Gasteiger partial charge in [0.1, 0.15) is 0 Å². The van der Waals surface area contributed by atoms with E-state index in [-0.39, 0.29) is 0 Å². The zero-order valence-corrected chi connectivity index (χ0v) is 10.7. The number of hydrogen-bond donors (Lipinski definition) is 1. The first-order chi connectivity index (χ1) is 6.85. The van der Waals surface area contributed by atoms with Crippen LogP contribution in [-0.2, 0) is 0 Å². The van der Waals surface area contributed by atoms with Crippen LogP contribution in [0.15, 0.2) is 0 Å². The maximum Gasteiger partial charge on any atom is 0.0168 e. The maximum atomic E-state index is 6.01. The van der Waals surface area contributed by atoms with Gasteiger partial charge in [0.2, 0.25) is 0 Å². The molecule has 1 atom stereocenters. The number of likely N-dealkylation sites (tertiary alicyclic amines) is 1. The summed E-state index contributed by atoms with van der Waals surface area (Å²) in [6.45, 7) is 13.2. The fraction of sp³-hybridized carbons (Fsp3) is 1.00. The number of rotatable bonds is 2. The molecule has 0 aromatic carbocycles. The van der Waals surface area contributed by atoms with Crippen LogP contribution >= 0.6 is 0 Å². The Morgan fingerprint density at radius 3 is 2.27 bits per heavy atom. The second kappa shape index (κ2) is 3.46. The molecule has 2 aliphatic rings. The highest BCUT2D eigenvalue weighted by molar-refractivity contribution is 5.13. The van der Waals surface area contributed by atoms with Gasteiger partial charge in [-0.05, 0) is 36.1 Å². The topological polar surface area (TPSA) is 29.3 Å². The van der Waals surface area contributed by atoms with Crippen molar-refractivity contribution in [2.75, 3.05) is 19.6 Å². The van der Waals surface area contributed by atoms with Crippen molar-refractivity contribution in [1.29, 1.82) is 0 Å². The number of piperidine rings is 1. The molecule has 0 aromatic heterocycles. The molecule has 2 rings (SSSR count). The van der Waals surface area contributed by atoms with Crippen LogP contribution in [0, 0.1) is 16.7 Å². The molecular formula is C13H26N2. The highest BCUT2D eigenvalue weighted by Gasteiger charge is 2.64. The van der Waals surface area contributed by atoms with Gasteiger partial charge in [-0.2, -0.15) is 0 Å². The Hall–Kier alpha value is -0.0800. The van der Waals surface area contributed by atoms with Crippen molar-refractivity contribution in [3.8, 4) is 0 Å². The van der Waals surface area contributed by atoms with Crippen LogP contribution in [0.5, 0.6) is 0 Å². The van der Waals surface area contributed by atoms with Gasteiger partial charge in [0.25, 0.3) is 0 Å². The molecular weight excluding hydrogens is 184 g/mol. The van der Waals surface area contributed by atoms with Crippen molar-refractivity contribution < 1.29 is 0 Å². The van der Waals surface area contributed by atoms with Crippen molar-refractivity contribution in [2.24, 2.45) is 22.5 Å². The minimum absolute atomic E-state index is 0.420. The lowest BCUT2D eigenvalue weighted by Gasteiger charge is -2.31. The summed E-state index contributed by atoms with van der Waals surface area (Å²) < 4.78 is 0. The fourth-order valence-electron chi connectivity index (χ4n) is 3.30. The molecule has 2 nitrogen and oxygen atoms in total. The predicted molar refractivity (Wildman–Crippen MR) is 64.7 cm³/mol. The summed E-state index contributed by atoms with van der Waals surface area (Å²) in [6, 6.07) is 0.420. The van der Waals surface area contributed by atoms with Gasteiger partial charge in [0, 0.05) is 19.1 Å². The van der Waals surface area contributed by atoms with Gasteiger partial charge in [0.05, 0.1) is 0 Å². The zero-order valence-electron chi connectivity index (χ0n) is 10.7. The van der Waals surface area contributed by atoms with Gasteiger partial charge >= 0.3 is 0 Å². The van der Waals surface area contributed by atoms with Crippen LogP contribution in [-0.4, -0.2) is 30.6 Å². The van der Waals surface area contributed by atoms with Crippen molar-refractivity contribution in [1.82, 2.24) is 4.90 Å².